The third-order valence-corrected chi connectivity index (χ3v) is 4.47. The normalized spacial score (nSPS) is 14.3. The number of halogens is 2. The molecule has 0 aliphatic heterocycles. The molecular formula is C18H13Cl2N3O2. The molecule has 3 rings (SSSR count). The van der Waals surface area contributed by atoms with Crippen LogP contribution >= 0.6 is 23.2 Å². The number of rotatable bonds is 4. The van der Waals surface area contributed by atoms with Crippen LogP contribution in [0.15, 0.2) is 42.5 Å². The first-order chi connectivity index (χ1) is 11.9. The highest BCUT2D eigenvalue weighted by Gasteiger charge is 2.56. The molecule has 5 nitrogen and oxygen atoms in total. The van der Waals surface area contributed by atoms with E-state index in [-0.39, 0.29) is 0 Å². The largest absolute Gasteiger partial charge is 0.325 e. The van der Waals surface area contributed by atoms with Crippen molar-refractivity contribution < 1.29 is 9.59 Å². The van der Waals surface area contributed by atoms with Gasteiger partial charge in [-0.1, -0.05) is 35.3 Å². The van der Waals surface area contributed by atoms with E-state index >= 15 is 0 Å². The molecular weight excluding hydrogens is 361 g/mol. The van der Waals surface area contributed by atoms with E-state index in [0.29, 0.717) is 39.8 Å². The second-order valence-electron chi connectivity index (χ2n) is 5.81. The van der Waals surface area contributed by atoms with Crippen molar-refractivity contribution in [1.29, 1.82) is 5.26 Å². The molecule has 0 spiro atoms. The van der Waals surface area contributed by atoms with Gasteiger partial charge in [-0.25, -0.2) is 0 Å². The van der Waals surface area contributed by atoms with Crippen molar-refractivity contribution in [3.8, 4) is 6.07 Å². The maximum atomic E-state index is 12.6. The van der Waals surface area contributed by atoms with Gasteiger partial charge in [0.15, 0.2) is 0 Å². The lowest BCUT2D eigenvalue weighted by molar-refractivity contribution is -0.131. The Bertz CT molecular complexity index is 881. The molecule has 7 heteroatoms. The van der Waals surface area contributed by atoms with Crippen LogP contribution in [0.25, 0.3) is 0 Å². The van der Waals surface area contributed by atoms with Crippen molar-refractivity contribution in [1.82, 2.24) is 0 Å². The quantitative estimate of drug-likeness (QED) is 0.786. The van der Waals surface area contributed by atoms with E-state index in [1.165, 1.54) is 0 Å². The lowest BCUT2D eigenvalue weighted by atomic mass is 10.0. The zero-order valence-corrected chi connectivity index (χ0v) is 14.5. The monoisotopic (exact) mass is 373 g/mol. The molecule has 1 fully saturated rings. The molecule has 2 aromatic carbocycles. The number of carbonyl (C=O) groups excluding carboxylic acids is 2. The molecule has 0 unspecified atom stereocenters. The fourth-order valence-corrected chi connectivity index (χ4v) is 3.02. The summed E-state index contributed by atoms with van der Waals surface area (Å²) >= 11 is 11.8. The van der Waals surface area contributed by atoms with E-state index < -0.39 is 17.2 Å². The molecule has 0 heterocycles. The minimum Gasteiger partial charge on any atom is -0.325 e. The zero-order valence-electron chi connectivity index (χ0n) is 13.0. The van der Waals surface area contributed by atoms with Gasteiger partial charge in [0.2, 0.25) is 11.8 Å². The van der Waals surface area contributed by atoms with E-state index in [0.717, 1.165) is 0 Å². The summed E-state index contributed by atoms with van der Waals surface area (Å²) in [6.07, 6.45) is 0.876. The number of anilines is 2. The Morgan fingerprint density at radius 2 is 1.60 bits per heavy atom. The Labute approximate surface area is 154 Å². The van der Waals surface area contributed by atoms with Crippen molar-refractivity contribution >= 4 is 46.4 Å². The second-order valence-corrected chi connectivity index (χ2v) is 6.68. The summed E-state index contributed by atoms with van der Waals surface area (Å²) in [6.45, 7) is 0. The average Bonchev–Trinajstić information content (AvgIpc) is 3.36. The predicted molar refractivity (Wildman–Crippen MR) is 96.5 cm³/mol. The van der Waals surface area contributed by atoms with Gasteiger partial charge in [-0.05, 0) is 43.2 Å². The van der Waals surface area contributed by atoms with Crippen molar-refractivity contribution in [2.24, 2.45) is 5.41 Å². The number of hydrogen-bond acceptors (Lipinski definition) is 3. The maximum Gasteiger partial charge on any atom is 0.240 e. The molecule has 1 saturated carbocycles. The number of nitriles is 1. The van der Waals surface area contributed by atoms with E-state index in [1.807, 2.05) is 6.07 Å². The second kappa shape index (κ2) is 6.75. The molecule has 0 bridgehead atoms. The summed E-state index contributed by atoms with van der Waals surface area (Å²) in [5, 5.41) is 15.2. The maximum absolute atomic E-state index is 12.6. The lowest BCUT2D eigenvalue weighted by Crippen LogP contribution is -2.35. The highest BCUT2D eigenvalue weighted by atomic mass is 35.5. The van der Waals surface area contributed by atoms with Crippen molar-refractivity contribution in [2.75, 3.05) is 10.6 Å². The summed E-state index contributed by atoms with van der Waals surface area (Å²) < 4.78 is 0. The fourth-order valence-electron chi connectivity index (χ4n) is 2.49. The minimum atomic E-state index is -1.14. The van der Waals surface area contributed by atoms with Crippen LogP contribution in [0.4, 0.5) is 11.4 Å². The smallest absolute Gasteiger partial charge is 0.240 e. The number of amides is 2. The van der Waals surface area contributed by atoms with E-state index in [2.05, 4.69) is 10.6 Å². The van der Waals surface area contributed by atoms with Gasteiger partial charge < -0.3 is 10.6 Å². The third-order valence-electron chi connectivity index (χ3n) is 4.04. The molecule has 0 aromatic heterocycles. The molecule has 1 aliphatic rings. The lowest BCUT2D eigenvalue weighted by Gasteiger charge is -2.16. The van der Waals surface area contributed by atoms with Gasteiger partial charge in [0, 0.05) is 15.7 Å². The molecule has 126 valence electrons. The molecule has 0 saturated heterocycles. The Hall–Kier alpha value is -2.55. The average molecular weight is 374 g/mol. The summed E-state index contributed by atoms with van der Waals surface area (Å²) in [5.74, 6) is -0.849. The van der Waals surface area contributed by atoms with Crippen LogP contribution in [0.3, 0.4) is 0 Å². The summed E-state index contributed by atoms with van der Waals surface area (Å²) in [6, 6.07) is 13.3. The Balaban J connectivity index is 1.76. The number of hydrogen-bond donors (Lipinski definition) is 2. The van der Waals surface area contributed by atoms with E-state index in [4.69, 9.17) is 28.5 Å². The van der Waals surface area contributed by atoms with Crippen LogP contribution < -0.4 is 10.6 Å². The number of para-hydroxylation sites is 1. The van der Waals surface area contributed by atoms with Crippen molar-refractivity contribution in [2.45, 2.75) is 12.8 Å². The van der Waals surface area contributed by atoms with Gasteiger partial charge in [0.25, 0.3) is 0 Å². The van der Waals surface area contributed by atoms with Crippen LogP contribution in [-0.4, -0.2) is 11.8 Å². The van der Waals surface area contributed by atoms with Crippen LogP contribution in [0.2, 0.25) is 10.0 Å². The number of nitrogens with one attached hydrogen (secondary N) is 2. The summed E-state index contributed by atoms with van der Waals surface area (Å²) in [7, 11) is 0. The van der Waals surface area contributed by atoms with Gasteiger partial charge in [0.05, 0.1) is 11.3 Å². The first-order valence-electron chi connectivity index (χ1n) is 7.53. The third kappa shape index (κ3) is 3.60. The first kappa shape index (κ1) is 17.3. The highest BCUT2D eigenvalue weighted by molar-refractivity contribution is 6.35. The number of carbonyl (C=O) groups is 2. The predicted octanol–water partition coefficient (Wildman–Crippen LogP) is 4.22. The number of benzene rings is 2. The topological polar surface area (TPSA) is 82.0 Å². The van der Waals surface area contributed by atoms with Gasteiger partial charge in [-0.3, -0.25) is 9.59 Å². The number of nitrogens with zero attached hydrogens (tertiary/aromatic N) is 1. The van der Waals surface area contributed by atoms with Crippen molar-refractivity contribution in [3.05, 3.63) is 58.1 Å². The molecule has 2 amide bonds. The standard InChI is InChI=1S/C18H13Cl2N3O2/c19-12-7-13(20)9-14(8-12)22-16(24)18(5-6-18)17(25)23-15-4-2-1-3-11(15)10-21/h1-4,7-9H,5-6H2,(H,22,24)(H,23,25). The molecule has 0 atom stereocenters. The van der Waals surface area contributed by atoms with Crippen LogP contribution in [0, 0.1) is 16.7 Å². The molecule has 1 aliphatic carbocycles. The van der Waals surface area contributed by atoms with Gasteiger partial charge >= 0.3 is 0 Å². The van der Waals surface area contributed by atoms with Crippen LogP contribution in [-0.2, 0) is 9.59 Å². The van der Waals surface area contributed by atoms with Gasteiger partial charge in [0.1, 0.15) is 11.5 Å². The Morgan fingerprint density at radius 3 is 2.20 bits per heavy atom. The summed E-state index contributed by atoms with van der Waals surface area (Å²) in [5.41, 5.74) is 0.0183. The van der Waals surface area contributed by atoms with E-state index in [9.17, 15) is 9.59 Å². The molecule has 2 aromatic rings. The van der Waals surface area contributed by atoms with Crippen LogP contribution in [0.5, 0.6) is 0 Å². The van der Waals surface area contributed by atoms with E-state index in [1.54, 1.807) is 42.5 Å². The Kier molecular flexibility index (Phi) is 4.67. The van der Waals surface area contributed by atoms with Gasteiger partial charge in [-0.15, -0.1) is 0 Å². The Morgan fingerprint density at radius 1 is 1.00 bits per heavy atom. The SMILES string of the molecule is N#Cc1ccccc1NC(=O)C1(C(=O)Nc2cc(Cl)cc(Cl)c2)CC1. The van der Waals surface area contributed by atoms with Crippen molar-refractivity contribution in [3.63, 3.8) is 0 Å². The highest BCUT2D eigenvalue weighted by Crippen LogP contribution is 2.47. The van der Waals surface area contributed by atoms with Gasteiger partial charge in [-0.2, -0.15) is 5.26 Å². The fraction of sp³-hybridized carbons (Fsp3) is 0.167. The molecule has 2 N–H and O–H groups in total. The zero-order chi connectivity index (χ0) is 18.0. The molecule has 25 heavy (non-hydrogen) atoms. The van der Waals surface area contributed by atoms with Crippen LogP contribution in [0.1, 0.15) is 18.4 Å². The molecule has 0 radical (unpaired) electrons. The minimum absolute atomic E-state index is 0.341. The first-order valence-corrected chi connectivity index (χ1v) is 8.28. The summed E-state index contributed by atoms with van der Waals surface area (Å²) in [4.78, 5) is 25.2.